The van der Waals surface area contributed by atoms with Crippen molar-refractivity contribution < 1.29 is 66.6 Å². The van der Waals surface area contributed by atoms with Gasteiger partial charge in [0, 0.05) is 12.8 Å². The Balaban J connectivity index is -0.00000180. The average molecular weight is 542 g/mol. The van der Waals surface area contributed by atoms with Crippen LogP contribution in [0.5, 0.6) is 0 Å². The Morgan fingerprint density at radius 1 is 0.682 bits per heavy atom. The lowest BCUT2D eigenvalue weighted by Crippen LogP contribution is -3.00. The molecule has 0 aliphatic rings. The summed E-state index contributed by atoms with van der Waals surface area (Å²) in [4.78, 5) is 10.2. The Morgan fingerprint density at radius 2 is 1.00 bits per heavy atom. The maximum absolute atomic E-state index is 5.11. The van der Waals surface area contributed by atoms with Gasteiger partial charge in [-0.3, -0.25) is 0 Å². The van der Waals surface area contributed by atoms with Crippen molar-refractivity contribution in [3.63, 3.8) is 0 Å². The van der Waals surface area contributed by atoms with E-state index in [0.717, 1.165) is 34.9 Å². The minimum atomic E-state index is 0. The van der Waals surface area contributed by atoms with Gasteiger partial charge in [0.2, 0.25) is 0 Å². The molecule has 0 fully saturated rings. The second kappa shape index (κ2) is 14.9. The summed E-state index contributed by atoms with van der Waals surface area (Å²) in [6.45, 7) is 3.40. The first kappa shape index (κ1) is 27.2. The number of oxime groups is 2. The molecule has 0 bridgehead atoms. The summed E-state index contributed by atoms with van der Waals surface area (Å²) in [7, 11) is 13.0. The Morgan fingerprint density at radius 3 is 1.27 bits per heavy atom. The largest absolute Gasteiger partial charge is 1.00 e. The summed E-state index contributed by atoms with van der Waals surface area (Å²) in [5.74, 6) is 0. The lowest BCUT2D eigenvalue weighted by atomic mass is 10.4. The van der Waals surface area contributed by atoms with Crippen LogP contribution in [0.4, 0.5) is 0 Å². The Kier molecular flexibility index (Phi) is 18.4. The SMILES string of the molecule is C[N+](C)(C)CCCO/N=C/C=N/OCCC[N+](C)(C)C.[I-].[I-]. The van der Waals surface area contributed by atoms with Gasteiger partial charge < -0.3 is 66.6 Å². The lowest BCUT2D eigenvalue weighted by molar-refractivity contribution is -0.870. The molecule has 6 nitrogen and oxygen atoms in total. The molecule has 0 saturated carbocycles. The minimum absolute atomic E-state index is 0. The van der Waals surface area contributed by atoms with E-state index in [9.17, 15) is 0 Å². The van der Waals surface area contributed by atoms with Crippen LogP contribution >= 0.6 is 0 Å². The molecule has 0 aliphatic carbocycles. The van der Waals surface area contributed by atoms with E-state index in [1.165, 1.54) is 12.4 Å². The van der Waals surface area contributed by atoms with Gasteiger partial charge in [0.05, 0.1) is 67.8 Å². The number of halogens is 2. The van der Waals surface area contributed by atoms with Crippen LogP contribution in [0, 0.1) is 0 Å². The Labute approximate surface area is 170 Å². The zero-order chi connectivity index (χ0) is 15.5. The van der Waals surface area contributed by atoms with Crippen molar-refractivity contribution in [3.8, 4) is 0 Å². The molecule has 0 aromatic carbocycles. The highest BCUT2D eigenvalue weighted by atomic mass is 127. The third-order valence-electron chi connectivity index (χ3n) is 2.47. The highest BCUT2D eigenvalue weighted by Gasteiger charge is 2.05. The topological polar surface area (TPSA) is 43.2 Å². The summed E-state index contributed by atoms with van der Waals surface area (Å²) in [5.41, 5.74) is 0. The van der Waals surface area contributed by atoms with Crippen LogP contribution in [0.3, 0.4) is 0 Å². The summed E-state index contributed by atoms with van der Waals surface area (Å²) in [5, 5.41) is 7.57. The molecule has 0 amide bonds. The van der Waals surface area contributed by atoms with E-state index >= 15 is 0 Å². The molecule has 0 radical (unpaired) electrons. The standard InChI is InChI=1S/C14H32N4O2.2HI/c1-17(2,3)11-7-13-19-15-9-10-16-20-14-8-12-18(4,5)6;;/h9-10H,7-8,11-14H2,1-6H3;2*1H/q+2;;/p-2/b15-9+,16-10+;;. The predicted octanol–water partition coefficient (Wildman–Crippen LogP) is -4.81. The second-order valence-electron chi connectivity index (χ2n) is 6.91. The molecule has 0 aliphatic heterocycles. The van der Waals surface area contributed by atoms with Crippen molar-refractivity contribution in [2.45, 2.75) is 12.8 Å². The third kappa shape index (κ3) is 25.3. The van der Waals surface area contributed by atoms with Gasteiger partial charge in [-0.1, -0.05) is 10.3 Å². The number of nitrogens with zero attached hydrogens (tertiary/aromatic N) is 4. The molecule has 0 aromatic heterocycles. The molecule has 0 rings (SSSR count). The average Bonchev–Trinajstić information content (AvgIpc) is 2.27. The second-order valence-corrected chi connectivity index (χ2v) is 6.91. The lowest BCUT2D eigenvalue weighted by Gasteiger charge is -2.23. The van der Waals surface area contributed by atoms with Crippen LogP contribution in [-0.2, 0) is 9.68 Å². The third-order valence-corrected chi connectivity index (χ3v) is 2.47. The molecule has 0 unspecified atom stereocenters. The van der Waals surface area contributed by atoms with Crippen molar-refractivity contribution in [1.82, 2.24) is 0 Å². The van der Waals surface area contributed by atoms with Crippen molar-refractivity contribution in [2.24, 2.45) is 10.3 Å². The predicted molar refractivity (Wildman–Crippen MR) is 83.9 cm³/mol. The van der Waals surface area contributed by atoms with Crippen LogP contribution in [-0.4, -0.2) is 90.0 Å². The van der Waals surface area contributed by atoms with E-state index < -0.39 is 0 Å². The van der Waals surface area contributed by atoms with Crippen molar-refractivity contribution in [2.75, 3.05) is 68.6 Å². The van der Waals surface area contributed by atoms with Gasteiger partial charge in [0.25, 0.3) is 0 Å². The highest BCUT2D eigenvalue weighted by Crippen LogP contribution is 1.94. The van der Waals surface area contributed by atoms with E-state index in [1.54, 1.807) is 0 Å². The summed E-state index contributed by atoms with van der Waals surface area (Å²) in [6.07, 6.45) is 4.98. The monoisotopic (exact) mass is 542 g/mol. The smallest absolute Gasteiger partial charge is 0.122 e. The van der Waals surface area contributed by atoms with Crippen molar-refractivity contribution in [3.05, 3.63) is 0 Å². The van der Waals surface area contributed by atoms with Gasteiger partial charge in [-0.25, -0.2) is 0 Å². The van der Waals surface area contributed by atoms with E-state index in [-0.39, 0.29) is 48.0 Å². The molecule has 0 atom stereocenters. The molecule has 22 heavy (non-hydrogen) atoms. The maximum Gasteiger partial charge on any atom is 0.122 e. The first-order chi connectivity index (χ1) is 9.21. The molecule has 0 aromatic rings. The van der Waals surface area contributed by atoms with Crippen LogP contribution in [0.15, 0.2) is 10.3 Å². The molecule has 8 heteroatoms. The van der Waals surface area contributed by atoms with Gasteiger partial charge in [-0.05, 0) is 0 Å². The highest BCUT2D eigenvalue weighted by molar-refractivity contribution is 6.15. The van der Waals surface area contributed by atoms with Gasteiger partial charge in [0.1, 0.15) is 13.2 Å². The number of hydrogen-bond donors (Lipinski definition) is 0. The van der Waals surface area contributed by atoms with Gasteiger partial charge in [-0.2, -0.15) is 0 Å². The zero-order valence-corrected chi connectivity index (χ0v) is 19.1. The molecule has 0 heterocycles. The summed E-state index contributed by atoms with van der Waals surface area (Å²) in [6, 6.07) is 0. The Bertz CT molecular complexity index is 270. The normalized spacial score (nSPS) is 12.1. The fraction of sp³-hybridized carbons (Fsp3) is 0.857. The summed E-state index contributed by atoms with van der Waals surface area (Å²) < 4.78 is 1.88. The molecule has 0 N–H and O–H groups in total. The molecule has 0 saturated heterocycles. The zero-order valence-electron chi connectivity index (χ0n) is 14.8. The fourth-order valence-electron chi connectivity index (χ4n) is 1.45. The first-order valence-electron chi connectivity index (χ1n) is 7.11. The van der Waals surface area contributed by atoms with Crippen molar-refractivity contribution >= 4 is 12.4 Å². The van der Waals surface area contributed by atoms with Gasteiger partial charge in [0.15, 0.2) is 0 Å². The number of hydrogen-bond acceptors (Lipinski definition) is 4. The number of quaternary nitrogens is 2. The molecule has 134 valence electrons. The minimum Gasteiger partial charge on any atom is -1.00 e. The van der Waals surface area contributed by atoms with Crippen LogP contribution in [0.1, 0.15) is 12.8 Å². The maximum atomic E-state index is 5.11. The van der Waals surface area contributed by atoms with E-state index in [2.05, 4.69) is 52.6 Å². The van der Waals surface area contributed by atoms with Crippen molar-refractivity contribution in [1.29, 1.82) is 0 Å². The van der Waals surface area contributed by atoms with Crippen LogP contribution in [0.2, 0.25) is 0 Å². The van der Waals surface area contributed by atoms with E-state index in [0.29, 0.717) is 13.2 Å². The van der Waals surface area contributed by atoms with Crippen LogP contribution in [0.25, 0.3) is 0 Å². The number of rotatable bonds is 11. The Hall–Kier alpha value is 0.320. The quantitative estimate of drug-likeness (QED) is 0.0866. The molecule has 0 spiro atoms. The van der Waals surface area contributed by atoms with Crippen LogP contribution < -0.4 is 48.0 Å². The fourth-order valence-corrected chi connectivity index (χ4v) is 1.45. The first-order valence-corrected chi connectivity index (χ1v) is 7.11. The van der Waals surface area contributed by atoms with E-state index in [4.69, 9.17) is 9.68 Å². The van der Waals surface area contributed by atoms with Gasteiger partial charge >= 0.3 is 0 Å². The van der Waals surface area contributed by atoms with E-state index in [1.807, 2.05) is 0 Å². The molecular formula is C14H32I2N4O2. The van der Waals surface area contributed by atoms with Gasteiger partial charge in [-0.15, -0.1) is 0 Å². The summed E-state index contributed by atoms with van der Waals surface area (Å²) >= 11 is 0. The molecular weight excluding hydrogens is 510 g/mol.